The van der Waals surface area contributed by atoms with E-state index in [-0.39, 0.29) is 12.1 Å². The van der Waals surface area contributed by atoms with E-state index in [1.54, 1.807) is 0 Å². The quantitative estimate of drug-likeness (QED) is 0.854. The number of hydrogen-bond acceptors (Lipinski definition) is 4. The standard InChI is InChI=1S/C17H22N2O2/c1-12-10-20-15(18-12)17(3,16-19-13(2)11-21-16)9-14-7-5-4-6-8-14/h4-8,12-13H,9-11H2,1-3H3/t12-,13-/m1/s1. The zero-order valence-corrected chi connectivity index (χ0v) is 12.9. The van der Waals surface area contributed by atoms with Crippen LogP contribution in [0.3, 0.4) is 0 Å². The van der Waals surface area contributed by atoms with Crippen LogP contribution in [0.1, 0.15) is 26.3 Å². The summed E-state index contributed by atoms with van der Waals surface area (Å²) in [5.41, 5.74) is 0.813. The molecule has 2 heterocycles. The molecule has 0 saturated carbocycles. The van der Waals surface area contributed by atoms with Crippen molar-refractivity contribution in [2.75, 3.05) is 13.2 Å². The van der Waals surface area contributed by atoms with E-state index in [4.69, 9.17) is 9.47 Å². The number of nitrogens with zero attached hydrogens (tertiary/aromatic N) is 2. The maximum atomic E-state index is 5.84. The zero-order chi connectivity index (χ0) is 14.9. The van der Waals surface area contributed by atoms with E-state index in [0.29, 0.717) is 13.2 Å². The lowest BCUT2D eigenvalue weighted by molar-refractivity contribution is 0.260. The molecule has 0 aromatic heterocycles. The molecule has 2 aliphatic heterocycles. The van der Waals surface area contributed by atoms with Gasteiger partial charge in [-0.1, -0.05) is 30.3 Å². The summed E-state index contributed by atoms with van der Waals surface area (Å²) >= 11 is 0. The molecule has 4 heteroatoms. The normalized spacial score (nSPS) is 25.1. The van der Waals surface area contributed by atoms with Crippen molar-refractivity contribution in [3.05, 3.63) is 35.9 Å². The molecule has 1 aromatic rings. The van der Waals surface area contributed by atoms with Crippen molar-refractivity contribution in [2.45, 2.75) is 39.3 Å². The van der Waals surface area contributed by atoms with Gasteiger partial charge >= 0.3 is 0 Å². The smallest absolute Gasteiger partial charge is 0.199 e. The Kier molecular flexibility index (Phi) is 3.70. The Morgan fingerprint density at radius 1 is 1.00 bits per heavy atom. The fraction of sp³-hybridized carbons (Fsp3) is 0.529. The van der Waals surface area contributed by atoms with E-state index in [9.17, 15) is 0 Å². The van der Waals surface area contributed by atoms with Crippen molar-refractivity contribution in [1.82, 2.24) is 0 Å². The van der Waals surface area contributed by atoms with Gasteiger partial charge in [-0.25, -0.2) is 9.98 Å². The summed E-state index contributed by atoms with van der Waals surface area (Å²) in [5.74, 6) is 1.51. The molecule has 0 N–H and O–H groups in total. The van der Waals surface area contributed by atoms with E-state index < -0.39 is 5.41 Å². The maximum absolute atomic E-state index is 5.84. The van der Waals surface area contributed by atoms with Gasteiger partial charge in [-0.15, -0.1) is 0 Å². The maximum Gasteiger partial charge on any atom is 0.199 e. The Morgan fingerprint density at radius 2 is 1.52 bits per heavy atom. The third-order valence-electron chi connectivity index (χ3n) is 3.94. The molecule has 0 amide bonds. The minimum atomic E-state index is -0.420. The SMILES string of the molecule is C[C@@H]1COC(C(C)(Cc2ccccc2)C2=N[C@H](C)CO2)=N1. The first kappa shape index (κ1) is 14.1. The van der Waals surface area contributed by atoms with Crippen molar-refractivity contribution in [2.24, 2.45) is 15.4 Å². The van der Waals surface area contributed by atoms with Crippen molar-refractivity contribution in [1.29, 1.82) is 0 Å². The fourth-order valence-corrected chi connectivity index (χ4v) is 2.80. The van der Waals surface area contributed by atoms with Gasteiger partial charge in [0.2, 0.25) is 0 Å². The first-order chi connectivity index (χ1) is 10.1. The minimum absolute atomic E-state index is 0.203. The van der Waals surface area contributed by atoms with Gasteiger partial charge in [0.1, 0.15) is 18.6 Å². The summed E-state index contributed by atoms with van der Waals surface area (Å²) in [5, 5.41) is 0. The van der Waals surface area contributed by atoms with Crippen LogP contribution in [0.25, 0.3) is 0 Å². The van der Waals surface area contributed by atoms with Crippen LogP contribution in [-0.4, -0.2) is 37.1 Å². The van der Waals surface area contributed by atoms with E-state index >= 15 is 0 Å². The molecular formula is C17H22N2O2. The molecule has 0 fully saturated rings. The average molecular weight is 286 g/mol. The summed E-state index contributed by atoms with van der Waals surface area (Å²) in [6.45, 7) is 7.53. The Hall–Kier alpha value is -1.84. The van der Waals surface area contributed by atoms with Crippen molar-refractivity contribution in [3.63, 3.8) is 0 Å². The van der Waals surface area contributed by atoms with Crippen LogP contribution in [0.15, 0.2) is 40.3 Å². The van der Waals surface area contributed by atoms with Gasteiger partial charge in [0.15, 0.2) is 11.8 Å². The molecule has 0 bridgehead atoms. The molecule has 0 radical (unpaired) electrons. The second-order valence-electron chi connectivity index (χ2n) is 6.18. The van der Waals surface area contributed by atoms with E-state index in [2.05, 4.69) is 55.0 Å². The van der Waals surface area contributed by atoms with Crippen LogP contribution >= 0.6 is 0 Å². The number of benzene rings is 1. The summed E-state index contributed by atoms with van der Waals surface area (Å²) in [7, 11) is 0. The second kappa shape index (κ2) is 5.51. The van der Waals surface area contributed by atoms with E-state index in [1.165, 1.54) is 5.56 Å². The molecule has 0 saturated heterocycles. The molecule has 2 atom stereocenters. The molecule has 3 rings (SSSR count). The van der Waals surface area contributed by atoms with Crippen LogP contribution in [0.5, 0.6) is 0 Å². The summed E-state index contributed by atoms with van der Waals surface area (Å²) in [4.78, 5) is 9.32. The molecule has 2 aliphatic rings. The number of aliphatic imine (C=N–C) groups is 2. The summed E-state index contributed by atoms with van der Waals surface area (Å²) < 4.78 is 11.7. The first-order valence-corrected chi connectivity index (χ1v) is 7.54. The summed E-state index contributed by atoms with van der Waals surface area (Å²) in [6.07, 6.45) is 0.783. The van der Waals surface area contributed by atoms with Crippen LogP contribution in [-0.2, 0) is 15.9 Å². The Balaban J connectivity index is 1.95. The molecule has 4 nitrogen and oxygen atoms in total. The highest BCUT2D eigenvalue weighted by atomic mass is 16.5. The van der Waals surface area contributed by atoms with Gasteiger partial charge in [-0.05, 0) is 32.8 Å². The highest BCUT2D eigenvalue weighted by Crippen LogP contribution is 2.33. The number of hydrogen-bond donors (Lipinski definition) is 0. The number of ether oxygens (including phenoxy) is 2. The largest absolute Gasteiger partial charge is 0.478 e. The van der Waals surface area contributed by atoms with Gasteiger partial charge in [-0.2, -0.15) is 0 Å². The Bertz CT molecular complexity index is 537. The lowest BCUT2D eigenvalue weighted by Crippen LogP contribution is -2.39. The minimum Gasteiger partial charge on any atom is -0.478 e. The predicted octanol–water partition coefficient (Wildman–Crippen LogP) is 2.87. The molecule has 21 heavy (non-hydrogen) atoms. The van der Waals surface area contributed by atoms with Crippen molar-refractivity contribution >= 4 is 11.8 Å². The van der Waals surface area contributed by atoms with Crippen molar-refractivity contribution in [3.8, 4) is 0 Å². The highest BCUT2D eigenvalue weighted by molar-refractivity contribution is 6.06. The first-order valence-electron chi connectivity index (χ1n) is 7.54. The third-order valence-corrected chi connectivity index (χ3v) is 3.94. The lowest BCUT2D eigenvalue weighted by Gasteiger charge is -2.28. The van der Waals surface area contributed by atoms with Gasteiger partial charge in [-0.3, -0.25) is 0 Å². The molecule has 112 valence electrons. The highest BCUT2D eigenvalue weighted by Gasteiger charge is 2.44. The monoisotopic (exact) mass is 286 g/mol. The molecule has 0 unspecified atom stereocenters. The van der Waals surface area contributed by atoms with E-state index in [1.807, 2.05) is 6.07 Å². The van der Waals surface area contributed by atoms with Crippen LogP contribution in [0.4, 0.5) is 0 Å². The van der Waals surface area contributed by atoms with Crippen LogP contribution in [0.2, 0.25) is 0 Å². The van der Waals surface area contributed by atoms with Gasteiger partial charge in [0, 0.05) is 0 Å². The second-order valence-corrected chi connectivity index (χ2v) is 6.18. The number of rotatable bonds is 4. The molecule has 0 spiro atoms. The van der Waals surface area contributed by atoms with E-state index in [0.717, 1.165) is 18.2 Å². The zero-order valence-electron chi connectivity index (χ0n) is 12.9. The lowest BCUT2D eigenvalue weighted by atomic mass is 9.82. The molecule has 0 aliphatic carbocycles. The van der Waals surface area contributed by atoms with Crippen LogP contribution < -0.4 is 0 Å². The van der Waals surface area contributed by atoms with Gasteiger partial charge in [0.05, 0.1) is 12.1 Å². The average Bonchev–Trinajstić information content (AvgIpc) is 3.09. The summed E-state index contributed by atoms with van der Waals surface area (Å²) in [6, 6.07) is 10.8. The van der Waals surface area contributed by atoms with Gasteiger partial charge < -0.3 is 9.47 Å². The predicted molar refractivity (Wildman–Crippen MR) is 84.0 cm³/mol. The molecule has 1 aromatic carbocycles. The van der Waals surface area contributed by atoms with Gasteiger partial charge in [0.25, 0.3) is 0 Å². The van der Waals surface area contributed by atoms with Crippen molar-refractivity contribution < 1.29 is 9.47 Å². The topological polar surface area (TPSA) is 43.2 Å². The molecular weight excluding hydrogens is 264 g/mol. The Labute approximate surface area is 125 Å². The Morgan fingerprint density at radius 3 is 1.95 bits per heavy atom. The fourth-order valence-electron chi connectivity index (χ4n) is 2.80. The van der Waals surface area contributed by atoms with Crippen LogP contribution in [0, 0.1) is 5.41 Å². The third kappa shape index (κ3) is 2.80.